The number of aromatic nitrogens is 2. The van der Waals surface area contributed by atoms with E-state index in [1.807, 2.05) is 45.4 Å². The zero-order valence-electron chi connectivity index (χ0n) is 12.8. The lowest BCUT2D eigenvalue weighted by atomic mass is 9.81. The topological polar surface area (TPSA) is 38.1 Å². The summed E-state index contributed by atoms with van der Waals surface area (Å²) in [4.78, 5) is 18.7. The highest BCUT2D eigenvalue weighted by Gasteiger charge is 2.28. The van der Waals surface area contributed by atoms with Gasteiger partial charge in [-0.2, -0.15) is 0 Å². The van der Waals surface area contributed by atoms with Crippen LogP contribution in [0.5, 0.6) is 0 Å². The van der Waals surface area contributed by atoms with Crippen molar-refractivity contribution in [2.24, 2.45) is 7.05 Å². The lowest BCUT2D eigenvalue weighted by Gasteiger charge is -2.28. The Balaban J connectivity index is 1.91. The number of rotatable bonds is 3. The van der Waals surface area contributed by atoms with Crippen LogP contribution in [-0.4, -0.2) is 22.5 Å². The van der Waals surface area contributed by atoms with Gasteiger partial charge in [-0.3, -0.25) is 9.78 Å². The van der Waals surface area contributed by atoms with E-state index in [1.165, 1.54) is 25.0 Å². The van der Waals surface area contributed by atoms with Gasteiger partial charge in [0, 0.05) is 43.6 Å². The molecular weight excluding hydrogens is 262 g/mol. The number of carbonyl (C=O) groups excluding carboxylic acids is 1. The van der Waals surface area contributed by atoms with Gasteiger partial charge in [0.2, 0.25) is 0 Å². The molecule has 1 saturated carbocycles. The van der Waals surface area contributed by atoms with E-state index in [4.69, 9.17) is 0 Å². The number of carbonyl (C=O) groups is 1. The highest BCUT2D eigenvalue weighted by molar-refractivity contribution is 6.06. The first-order valence-corrected chi connectivity index (χ1v) is 7.44. The summed E-state index contributed by atoms with van der Waals surface area (Å²) in [5, 5.41) is 0. The summed E-state index contributed by atoms with van der Waals surface area (Å²) in [7, 11) is 3.86. The molecule has 1 amide bonds. The van der Waals surface area contributed by atoms with Gasteiger partial charge >= 0.3 is 0 Å². The van der Waals surface area contributed by atoms with Crippen molar-refractivity contribution < 1.29 is 4.79 Å². The third kappa shape index (κ3) is 2.46. The molecule has 1 fully saturated rings. The summed E-state index contributed by atoms with van der Waals surface area (Å²) < 4.78 is 2.10. The fraction of sp³-hybridized carbons (Fsp3) is 0.412. The summed E-state index contributed by atoms with van der Waals surface area (Å²) in [6.07, 6.45) is 7.38. The molecule has 0 bridgehead atoms. The van der Waals surface area contributed by atoms with Gasteiger partial charge in [0.25, 0.3) is 5.91 Å². The highest BCUT2D eigenvalue weighted by Crippen LogP contribution is 2.38. The Hall–Kier alpha value is -2.10. The van der Waals surface area contributed by atoms with Crippen molar-refractivity contribution >= 4 is 11.6 Å². The molecular formula is C17H21N3O. The van der Waals surface area contributed by atoms with E-state index in [2.05, 4.69) is 9.55 Å². The van der Waals surface area contributed by atoms with E-state index >= 15 is 0 Å². The van der Waals surface area contributed by atoms with Crippen molar-refractivity contribution in [3.05, 3.63) is 47.5 Å². The van der Waals surface area contributed by atoms with Gasteiger partial charge in [-0.1, -0.05) is 6.42 Å². The second-order valence-electron chi connectivity index (χ2n) is 5.87. The Kier molecular flexibility index (Phi) is 3.53. The predicted molar refractivity (Wildman–Crippen MR) is 83.7 cm³/mol. The maximum atomic E-state index is 12.8. The normalized spacial score (nSPS) is 14.8. The third-order valence-electron chi connectivity index (χ3n) is 4.42. The van der Waals surface area contributed by atoms with E-state index in [0.717, 1.165) is 16.9 Å². The molecule has 0 radical (unpaired) electrons. The van der Waals surface area contributed by atoms with Gasteiger partial charge < -0.3 is 9.47 Å². The fourth-order valence-corrected chi connectivity index (χ4v) is 2.95. The molecule has 0 aliphatic heterocycles. The first-order chi connectivity index (χ1) is 10.1. The Morgan fingerprint density at radius 1 is 1.38 bits per heavy atom. The van der Waals surface area contributed by atoms with Crippen molar-refractivity contribution in [1.29, 1.82) is 0 Å². The number of hydrogen-bond acceptors (Lipinski definition) is 2. The molecule has 0 saturated heterocycles. The zero-order valence-corrected chi connectivity index (χ0v) is 12.8. The zero-order chi connectivity index (χ0) is 15.0. The largest absolute Gasteiger partial charge is 0.353 e. The maximum absolute atomic E-state index is 12.8. The van der Waals surface area contributed by atoms with Gasteiger partial charge in [0.15, 0.2) is 0 Å². The van der Waals surface area contributed by atoms with Crippen LogP contribution < -0.4 is 4.90 Å². The van der Waals surface area contributed by atoms with Crippen LogP contribution in [0.2, 0.25) is 0 Å². The molecule has 2 aromatic rings. The Labute approximate surface area is 125 Å². The summed E-state index contributed by atoms with van der Waals surface area (Å²) in [5.74, 6) is 0.597. The summed E-state index contributed by atoms with van der Waals surface area (Å²) in [5.41, 5.74) is 3.82. The minimum Gasteiger partial charge on any atom is -0.353 e. The lowest BCUT2D eigenvalue weighted by molar-refractivity contribution is 0.0990. The van der Waals surface area contributed by atoms with E-state index in [-0.39, 0.29) is 5.91 Å². The van der Waals surface area contributed by atoms with Crippen molar-refractivity contribution in [2.45, 2.75) is 32.1 Å². The molecule has 1 aliphatic carbocycles. The van der Waals surface area contributed by atoms with Gasteiger partial charge in [-0.25, -0.2) is 0 Å². The molecule has 0 atom stereocenters. The number of nitrogens with zero attached hydrogens (tertiary/aromatic N) is 3. The van der Waals surface area contributed by atoms with Crippen LogP contribution in [-0.2, 0) is 7.05 Å². The molecule has 21 heavy (non-hydrogen) atoms. The van der Waals surface area contributed by atoms with E-state index in [0.29, 0.717) is 5.92 Å². The van der Waals surface area contributed by atoms with Gasteiger partial charge in [0.05, 0.1) is 5.56 Å². The number of anilines is 1. The monoisotopic (exact) mass is 283 g/mol. The number of aryl methyl sites for hydroxylation is 2. The Morgan fingerprint density at radius 2 is 2.14 bits per heavy atom. The molecule has 2 aromatic heterocycles. The average molecular weight is 283 g/mol. The van der Waals surface area contributed by atoms with E-state index < -0.39 is 0 Å². The highest BCUT2D eigenvalue weighted by atomic mass is 16.2. The summed E-state index contributed by atoms with van der Waals surface area (Å²) in [6.45, 7) is 1.93. The molecule has 0 N–H and O–H groups in total. The molecule has 1 aliphatic rings. The van der Waals surface area contributed by atoms with E-state index in [1.54, 1.807) is 11.1 Å². The lowest BCUT2D eigenvalue weighted by Crippen LogP contribution is -2.28. The van der Waals surface area contributed by atoms with Gasteiger partial charge in [-0.05, 0) is 43.9 Å². The van der Waals surface area contributed by atoms with Crippen molar-refractivity contribution in [3.8, 4) is 0 Å². The Bertz CT molecular complexity index is 670. The SMILES string of the molecule is Cc1cc(N(C)C(=O)c2ccn(C)c2C2CCC2)ccn1. The molecule has 2 heterocycles. The number of pyridine rings is 1. The summed E-state index contributed by atoms with van der Waals surface area (Å²) >= 11 is 0. The minimum atomic E-state index is 0.0584. The van der Waals surface area contributed by atoms with Crippen molar-refractivity contribution in [2.75, 3.05) is 11.9 Å². The summed E-state index contributed by atoms with van der Waals surface area (Å²) in [6, 6.07) is 5.75. The van der Waals surface area contributed by atoms with Crippen LogP contribution in [0.25, 0.3) is 0 Å². The van der Waals surface area contributed by atoms with Crippen LogP contribution in [0.1, 0.15) is 46.9 Å². The average Bonchev–Trinajstić information content (AvgIpc) is 2.78. The standard InChI is InChI=1S/C17H21N3O/c1-12-11-14(7-9-18-12)20(3)17(21)15-8-10-19(2)16(15)13-5-4-6-13/h7-11,13H,4-6H2,1-3H3. The van der Waals surface area contributed by atoms with Crippen LogP contribution in [0, 0.1) is 6.92 Å². The molecule has 4 nitrogen and oxygen atoms in total. The van der Waals surface area contributed by atoms with Crippen molar-refractivity contribution in [1.82, 2.24) is 9.55 Å². The smallest absolute Gasteiger partial charge is 0.259 e. The fourth-order valence-electron chi connectivity index (χ4n) is 2.95. The number of hydrogen-bond donors (Lipinski definition) is 0. The first-order valence-electron chi connectivity index (χ1n) is 7.44. The van der Waals surface area contributed by atoms with Crippen molar-refractivity contribution in [3.63, 3.8) is 0 Å². The van der Waals surface area contributed by atoms with Gasteiger partial charge in [0.1, 0.15) is 0 Å². The molecule has 3 rings (SSSR count). The maximum Gasteiger partial charge on any atom is 0.259 e. The van der Waals surface area contributed by atoms with E-state index in [9.17, 15) is 4.79 Å². The molecule has 0 aromatic carbocycles. The van der Waals surface area contributed by atoms with Crippen LogP contribution in [0.15, 0.2) is 30.6 Å². The number of amides is 1. The molecule has 0 spiro atoms. The minimum absolute atomic E-state index is 0.0584. The van der Waals surface area contributed by atoms with Crippen LogP contribution in [0.3, 0.4) is 0 Å². The quantitative estimate of drug-likeness (QED) is 0.867. The molecule has 4 heteroatoms. The van der Waals surface area contributed by atoms with Crippen LogP contribution in [0.4, 0.5) is 5.69 Å². The molecule has 0 unspecified atom stereocenters. The van der Waals surface area contributed by atoms with Crippen LogP contribution >= 0.6 is 0 Å². The first kappa shape index (κ1) is 13.9. The Morgan fingerprint density at radius 3 is 2.76 bits per heavy atom. The molecule has 110 valence electrons. The second kappa shape index (κ2) is 5.35. The predicted octanol–water partition coefficient (Wildman–Crippen LogP) is 3.27. The van der Waals surface area contributed by atoms with Gasteiger partial charge in [-0.15, -0.1) is 0 Å². The second-order valence-corrected chi connectivity index (χ2v) is 5.87. The third-order valence-corrected chi connectivity index (χ3v) is 4.42.